The molecule has 3 heterocycles. The molecule has 0 N–H and O–H groups in total. The quantitative estimate of drug-likeness (QED) is 0.814. The van der Waals surface area contributed by atoms with Gasteiger partial charge in [-0.25, -0.2) is 4.98 Å². The van der Waals surface area contributed by atoms with Crippen LogP contribution >= 0.6 is 15.9 Å². The van der Waals surface area contributed by atoms with Crippen molar-refractivity contribution in [3.63, 3.8) is 0 Å². The zero-order valence-corrected chi connectivity index (χ0v) is 12.7. The highest BCUT2D eigenvalue weighted by molar-refractivity contribution is 9.09. The van der Waals surface area contributed by atoms with Crippen molar-refractivity contribution in [1.82, 2.24) is 19.6 Å². The summed E-state index contributed by atoms with van der Waals surface area (Å²) in [7, 11) is 0. The molecule has 1 atom stereocenters. The minimum Gasteiger partial charge on any atom is -0.353 e. The molecule has 6 heteroatoms. The lowest BCUT2D eigenvalue weighted by Gasteiger charge is -2.37. The van der Waals surface area contributed by atoms with Crippen LogP contribution in [0.4, 0.5) is 5.82 Å². The lowest BCUT2D eigenvalue weighted by molar-refractivity contribution is 0.446. The summed E-state index contributed by atoms with van der Waals surface area (Å²) >= 11 is 3.57. The maximum absolute atomic E-state index is 4.42. The number of halogens is 1. The van der Waals surface area contributed by atoms with E-state index in [4.69, 9.17) is 0 Å². The number of fused-ring (bicyclic) bond motifs is 1. The Morgan fingerprint density at radius 3 is 3.16 bits per heavy atom. The van der Waals surface area contributed by atoms with E-state index < -0.39 is 0 Å². The molecule has 2 aromatic heterocycles. The highest BCUT2D eigenvalue weighted by Crippen LogP contribution is 2.27. The average Bonchev–Trinajstić information content (AvgIpc) is 2.87. The molecule has 1 unspecified atom stereocenters. The SMILES string of the molecule is Cc1cc(N2CCCCC2CCBr)n2ncnc2n1. The highest BCUT2D eigenvalue weighted by Gasteiger charge is 2.24. The number of hydrogen-bond acceptors (Lipinski definition) is 4. The number of rotatable bonds is 3. The standard InChI is InChI=1S/C13H18BrN5/c1-10-8-12(19-13(17-10)15-9-16-19)18-7-3-2-4-11(18)5-6-14/h8-9,11H,2-7H2,1H3. The second-order valence-electron chi connectivity index (χ2n) is 5.05. The van der Waals surface area contributed by atoms with Crippen LogP contribution in [0.2, 0.25) is 0 Å². The van der Waals surface area contributed by atoms with E-state index >= 15 is 0 Å². The Hall–Kier alpha value is -1.17. The van der Waals surface area contributed by atoms with Gasteiger partial charge in [0.25, 0.3) is 5.78 Å². The first kappa shape index (κ1) is 12.8. The number of nitrogens with zero attached hydrogens (tertiary/aromatic N) is 5. The fourth-order valence-electron chi connectivity index (χ4n) is 2.84. The monoisotopic (exact) mass is 323 g/mol. The first-order valence-corrected chi connectivity index (χ1v) is 7.92. The second kappa shape index (κ2) is 5.45. The van der Waals surface area contributed by atoms with Gasteiger partial charge < -0.3 is 4.90 Å². The average molecular weight is 324 g/mol. The van der Waals surface area contributed by atoms with E-state index in [-0.39, 0.29) is 0 Å². The van der Waals surface area contributed by atoms with E-state index in [2.05, 4.69) is 42.0 Å². The first-order valence-electron chi connectivity index (χ1n) is 6.79. The van der Waals surface area contributed by atoms with Gasteiger partial charge in [-0.3, -0.25) is 0 Å². The molecule has 0 aromatic carbocycles. The summed E-state index contributed by atoms with van der Waals surface area (Å²) in [5, 5.41) is 5.36. The maximum Gasteiger partial charge on any atom is 0.254 e. The van der Waals surface area contributed by atoms with Gasteiger partial charge in [0.1, 0.15) is 12.1 Å². The van der Waals surface area contributed by atoms with Crippen LogP contribution in [-0.4, -0.2) is 37.5 Å². The molecule has 0 amide bonds. The summed E-state index contributed by atoms with van der Waals surface area (Å²) in [5.74, 6) is 1.82. The molecule has 1 saturated heterocycles. The molecule has 3 rings (SSSR count). The third kappa shape index (κ3) is 2.45. The zero-order valence-electron chi connectivity index (χ0n) is 11.1. The molecular weight excluding hydrogens is 306 g/mol. The molecule has 0 radical (unpaired) electrons. The van der Waals surface area contributed by atoms with Crippen LogP contribution < -0.4 is 4.90 Å². The number of hydrogen-bond donors (Lipinski definition) is 0. The summed E-state index contributed by atoms with van der Waals surface area (Å²) in [6, 6.07) is 2.70. The predicted molar refractivity (Wildman–Crippen MR) is 78.9 cm³/mol. The Kier molecular flexibility index (Phi) is 3.68. The molecule has 5 nitrogen and oxygen atoms in total. The Morgan fingerprint density at radius 1 is 1.42 bits per heavy atom. The van der Waals surface area contributed by atoms with Crippen LogP contribution in [-0.2, 0) is 0 Å². The molecule has 19 heavy (non-hydrogen) atoms. The van der Waals surface area contributed by atoms with Gasteiger partial charge in [0.15, 0.2) is 0 Å². The summed E-state index contributed by atoms with van der Waals surface area (Å²) in [6.07, 6.45) is 6.56. The van der Waals surface area contributed by atoms with Crippen molar-refractivity contribution in [3.8, 4) is 0 Å². The second-order valence-corrected chi connectivity index (χ2v) is 5.84. The van der Waals surface area contributed by atoms with Crippen LogP contribution in [0.15, 0.2) is 12.4 Å². The topological polar surface area (TPSA) is 46.3 Å². The zero-order chi connectivity index (χ0) is 13.2. The van der Waals surface area contributed by atoms with Crippen molar-refractivity contribution in [2.75, 3.05) is 16.8 Å². The Labute approximate surface area is 121 Å². The molecule has 0 bridgehead atoms. The van der Waals surface area contributed by atoms with Gasteiger partial charge in [-0.05, 0) is 32.6 Å². The summed E-state index contributed by atoms with van der Waals surface area (Å²) in [5.41, 5.74) is 0.999. The normalized spacial score (nSPS) is 20.1. The number of aromatic nitrogens is 4. The first-order chi connectivity index (χ1) is 9.29. The van der Waals surface area contributed by atoms with Crippen molar-refractivity contribution in [2.24, 2.45) is 0 Å². The summed E-state index contributed by atoms with van der Waals surface area (Å²) < 4.78 is 1.86. The molecule has 102 valence electrons. The van der Waals surface area contributed by atoms with Gasteiger partial charge in [-0.1, -0.05) is 15.9 Å². The Balaban J connectivity index is 2.03. The van der Waals surface area contributed by atoms with Gasteiger partial charge >= 0.3 is 0 Å². The molecule has 1 aliphatic rings. The van der Waals surface area contributed by atoms with Gasteiger partial charge in [-0.2, -0.15) is 14.6 Å². The molecule has 0 spiro atoms. The van der Waals surface area contributed by atoms with E-state index in [1.807, 2.05) is 11.4 Å². The Morgan fingerprint density at radius 2 is 2.32 bits per heavy atom. The van der Waals surface area contributed by atoms with Crippen molar-refractivity contribution in [2.45, 2.75) is 38.6 Å². The third-order valence-corrected chi connectivity index (χ3v) is 4.18. The van der Waals surface area contributed by atoms with Gasteiger partial charge in [0.2, 0.25) is 0 Å². The van der Waals surface area contributed by atoms with Crippen molar-refractivity contribution in [3.05, 3.63) is 18.1 Å². The fraction of sp³-hybridized carbons (Fsp3) is 0.615. The Bertz CT molecular complexity index is 565. The predicted octanol–water partition coefficient (Wildman–Crippen LogP) is 2.58. The van der Waals surface area contributed by atoms with E-state index in [1.165, 1.54) is 19.3 Å². The molecule has 1 fully saturated rings. The summed E-state index contributed by atoms with van der Waals surface area (Å²) in [6.45, 7) is 3.11. The number of piperidine rings is 1. The number of anilines is 1. The van der Waals surface area contributed by atoms with E-state index in [9.17, 15) is 0 Å². The van der Waals surface area contributed by atoms with Crippen molar-refractivity contribution >= 4 is 27.5 Å². The maximum atomic E-state index is 4.42. The minimum absolute atomic E-state index is 0.585. The third-order valence-electron chi connectivity index (χ3n) is 3.72. The van der Waals surface area contributed by atoms with Crippen LogP contribution in [0.25, 0.3) is 5.78 Å². The fourth-order valence-corrected chi connectivity index (χ4v) is 3.37. The van der Waals surface area contributed by atoms with Crippen molar-refractivity contribution < 1.29 is 0 Å². The largest absolute Gasteiger partial charge is 0.353 e. The number of alkyl halides is 1. The van der Waals surface area contributed by atoms with E-state index in [0.29, 0.717) is 11.8 Å². The lowest BCUT2D eigenvalue weighted by Crippen LogP contribution is -2.41. The smallest absolute Gasteiger partial charge is 0.254 e. The van der Waals surface area contributed by atoms with Crippen LogP contribution in [0.3, 0.4) is 0 Å². The molecule has 0 aliphatic carbocycles. The molecule has 1 aliphatic heterocycles. The van der Waals surface area contributed by atoms with Crippen LogP contribution in [0.1, 0.15) is 31.4 Å². The van der Waals surface area contributed by atoms with Crippen molar-refractivity contribution in [1.29, 1.82) is 0 Å². The molecule has 2 aromatic rings. The lowest BCUT2D eigenvalue weighted by atomic mass is 10.00. The van der Waals surface area contributed by atoms with Gasteiger partial charge in [-0.15, -0.1) is 0 Å². The molecule has 0 saturated carbocycles. The highest BCUT2D eigenvalue weighted by atomic mass is 79.9. The van der Waals surface area contributed by atoms with E-state index in [1.54, 1.807) is 6.33 Å². The number of aryl methyl sites for hydroxylation is 1. The van der Waals surface area contributed by atoms with Gasteiger partial charge in [0, 0.05) is 29.7 Å². The van der Waals surface area contributed by atoms with E-state index in [0.717, 1.165) is 29.8 Å². The van der Waals surface area contributed by atoms with Crippen LogP contribution in [0.5, 0.6) is 0 Å². The van der Waals surface area contributed by atoms with Crippen LogP contribution in [0, 0.1) is 6.92 Å². The van der Waals surface area contributed by atoms with Gasteiger partial charge in [0.05, 0.1) is 0 Å². The molecular formula is C13H18BrN5. The summed E-state index contributed by atoms with van der Waals surface area (Å²) in [4.78, 5) is 11.1. The minimum atomic E-state index is 0.585.